The van der Waals surface area contributed by atoms with Gasteiger partial charge in [0, 0.05) is 5.02 Å². The molecule has 1 heterocycles. The van der Waals surface area contributed by atoms with Gasteiger partial charge in [-0.05, 0) is 48.4 Å². The summed E-state index contributed by atoms with van der Waals surface area (Å²) < 4.78 is 11.8. The van der Waals surface area contributed by atoms with E-state index in [-0.39, 0.29) is 4.32 Å². The van der Waals surface area contributed by atoms with Crippen molar-refractivity contribution in [3.05, 3.63) is 63.5 Å². The Morgan fingerprint density at radius 1 is 1.20 bits per heavy atom. The Labute approximate surface area is 188 Å². The lowest BCUT2D eigenvalue weighted by Gasteiger charge is -2.13. The minimum Gasteiger partial charge on any atom is -0.490 e. The SMILES string of the molecule is CCOc1cc(/C=C2/SC(=S)N(CC(=O)O)C2=O)ccc1OCc1ccc(Cl)cc1. The fraction of sp³-hybridized carbons (Fsp3) is 0.190. The van der Waals surface area contributed by atoms with Crippen LogP contribution in [0.3, 0.4) is 0 Å². The van der Waals surface area contributed by atoms with E-state index in [0.29, 0.717) is 40.2 Å². The first-order chi connectivity index (χ1) is 14.4. The zero-order chi connectivity index (χ0) is 21.7. The Morgan fingerprint density at radius 3 is 2.60 bits per heavy atom. The van der Waals surface area contributed by atoms with E-state index in [2.05, 4.69) is 0 Å². The summed E-state index contributed by atoms with van der Waals surface area (Å²) in [6, 6.07) is 12.7. The molecule has 1 fully saturated rings. The molecular formula is C21H18ClNO5S2. The first-order valence-corrected chi connectivity index (χ1v) is 10.6. The average Bonchev–Trinajstić information content (AvgIpc) is 2.96. The number of rotatable bonds is 8. The molecule has 9 heteroatoms. The van der Waals surface area contributed by atoms with Crippen LogP contribution in [0, 0.1) is 0 Å². The molecule has 0 radical (unpaired) electrons. The van der Waals surface area contributed by atoms with E-state index < -0.39 is 18.4 Å². The summed E-state index contributed by atoms with van der Waals surface area (Å²) in [7, 11) is 0. The zero-order valence-electron chi connectivity index (χ0n) is 16.0. The fourth-order valence-electron chi connectivity index (χ4n) is 2.67. The van der Waals surface area contributed by atoms with Crippen LogP contribution < -0.4 is 9.47 Å². The highest BCUT2D eigenvalue weighted by Gasteiger charge is 2.33. The minimum atomic E-state index is -1.12. The van der Waals surface area contributed by atoms with Gasteiger partial charge < -0.3 is 14.6 Å². The zero-order valence-corrected chi connectivity index (χ0v) is 18.4. The number of ether oxygens (including phenoxy) is 2. The van der Waals surface area contributed by atoms with Crippen LogP contribution in [0.2, 0.25) is 5.02 Å². The number of carboxylic acids is 1. The van der Waals surface area contributed by atoms with Crippen molar-refractivity contribution in [2.75, 3.05) is 13.2 Å². The van der Waals surface area contributed by atoms with Crippen LogP contribution in [0.15, 0.2) is 47.4 Å². The number of hydrogen-bond donors (Lipinski definition) is 1. The number of aliphatic carboxylic acids is 1. The van der Waals surface area contributed by atoms with Crippen molar-refractivity contribution < 1.29 is 24.2 Å². The Balaban J connectivity index is 1.78. The van der Waals surface area contributed by atoms with Crippen molar-refractivity contribution in [2.24, 2.45) is 0 Å². The van der Waals surface area contributed by atoms with Crippen LogP contribution in [0.25, 0.3) is 6.08 Å². The highest BCUT2D eigenvalue weighted by atomic mass is 35.5. The third kappa shape index (κ3) is 5.53. The van der Waals surface area contributed by atoms with Gasteiger partial charge in [-0.1, -0.05) is 53.8 Å². The standard InChI is InChI=1S/C21H18ClNO5S2/c1-2-27-17-9-14(10-18-20(26)23(11-19(24)25)21(29)30-18)5-8-16(17)28-12-13-3-6-15(22)7-4-13/h3-10H,2,11-12H2,1H3,(H,24,25)/b18-10+. The van der Waals surface area contributed by atoms with Gasteiger partial charge in [0.25, 0.3) is 5.91 Å². The summed E-state index contributed by atoms with van der Waals surface area (Å²) in [4.78, 5) is 24.8. The van der Waals surface area contributed by atoms with Crippen LogP contribution in [-0.2, 0) is 16.2 Å². The summed E-state index contributed by atoms with van der Waals surface area (Å²) in [6.45, 7) is 2.21. The van der Waals surface area contributed by atoms with E-state index in [1.165, 1.54) is 0 Å². The number of carbonyl (C=O) groups is 2. The van der Waals surface area contributed by atoms with E-state index in [0.717, 1.165) is 22.2 Å². The quantitative estimate of drug-likeness (QED) is 0.452. The molecule has 2 aromatic carbocycles. The third-order valence-electron chi connectivity index (χ3n) is 4.04. The molecule has 6 nitrogen and oxygen atoms in total. The van der Waals surface area contributed by atoms with Crippen molar-refractivity contribution in [1.29, 1.82) is 0 Å². The normalized spacial score (nSPS) is 15.0. The van der Waals surface area contributed by atoms with Crippen molar-refractivity contribution in [3.63, 3.8) is 0 Å². The van der Waals surface area contributed by atoms with E-state index in [4.69, 9.17) is 38.4 Å². The molecule has 1 aliphatic rings. The van der Waals surface area contributed by atoms with Gasteiger partial charge in [0.05, 0.1) is 11.5 Å². The molecule has 0 atom stereocenters. The molecule has 3 rings (SSSR count). The number of thiocarbonyl (C=S) groups is 1. The molecule has 1 aliphatic heterocycles. The molecule has 0 saturated carbocycles. The minimum absolute atomic E-state index is 0.224. The van der Waals surface area contributed by atoms with Crippen LogP contribution in [0.4, 0.5) is 0 Å². The molecule has 0 aliphatic carbocycles. The Hall–Kier alpha value is -2.55. The van der Waals surface area contributed by atoms with E-state index in [1.807, 2.05) is 19.1 Å². The van der Waals surface area contributed by atoms with Crippen LogP contribution in [-0.4, -0.2) is 39.4 Å². The molecule has 2 aromatic rings. The Bertz CT molecular complexity index is 1010. The molecule has 156 valence electrons. The lowest BCUT2D eigenvalue weighted by molar-refractivity contribution is -0.140. The number of thioether (sulfide) groups is 1. The van der Waals surface area contributed by atoms with Gasteiger partial charge in [-0.2, -0.15) is 0 Å². The molecule has 0 aromatic heterocycles. The van der Waals surface area contributed by atoms with Gasteiger partial charge in [-0.25, -0.2) is 0 Å². The van der Waals surface area contributed by atoms with Crippen LogP contribution >= 0.6 is 35.6 Å². The Morgan fingerprint density at radius 2 is 1.93 bits per heavy atom. The topological polar surface area (TPSA) is 76.1 Å². The van der Waals surface area contributed by atoms with Crippen molar-refractivity contribution in [1.82, 2.24) is 4.90 Å². The molecule has 1 amide bonds. The second-order valence-electron chi connectivity index (χ2n) is 6.22. The molecule has 1 saturated heterocycles. The van der Waals surface area contributed by atoms with Crippen molar-refractivity contribution >= 4 is 57.9 Å². The molecule has 30 heavy (non-hydrogen) atoms. The Kier molecular flexibility index (Phi) is 7.36. The van der Waals surface area contributed by atoms with E-state index in [1.54, 1.807) is 36.4 Å². The number of benzene rings is 2. The maximum absolute atomic E-state index is 12.4. The molecule has 0 spiro atoms. The maximum atomic E-state index is 12.4. The van der Waals surface area contributed by atoms with Gasteiger partial charge in [-0.15, -0.1) is 0 Å². The van der Waals surface area contributed by atoms with Crippen LogP contribution in [0.5, 0.6) is 11.5 Å². The predicted octanol–water partition coefficient (Wildman–Crippen LogP) is 4.60. The van der Waals surface area contributed by atoms with E-state index in [9.17, 15) is 9.59 Å². The highest BCUT2D eigenvalue weighted by Crippen LogP contribution is 2.35. The first kappa shape index (κ1) is 22.1. The van der Waals surface area contributed by atoms with Gasteiger partial charge in [-0.3, -0.25) is 14.5 Å². The summed E-state index contributed by atoms with van der Waals surface area (Å²) in [6.07, 6.45) is 1.66. The van der Waals surface area contributed by atoms with Crippen molar-refractivity contribution in [3.8, 4) is 11.5 Å². The highest BCUT2D eigenvalue weighted by molar-refractivity contribution is 8.26. The second kappa shape index (κ2) is 9.97. The van der Waals surface area contributed by atoms with Gasteiger partial charge in [0.1, 0.15) is 17.5 Å². The number of hydrogen-bond acceptors (Lipinski definition) is 6. The number of carboxylic acid groups (broad SMARTS) is 1. The lowest BCUT2D eigenvalue weighted by Crippen LogP contribution is -2.33. The second-order valence-corrected chi connectivity index (χ2v) is 8.33. The summed E-state index contributed by atoms with van der Waals surface area (Å²) in [5.74, 6) is -0.426. The lowest BCUT2D eigenvalue weighted by atomic mass is 10.1. The number of carbonyl (C=O) groups excluding carboxylic acids is 1. The van der Waals surface area contributed by atoms with Gasteiger partial charge in [0.2, 0.25) is 0 Å². The van der Waals surface area contributed by atoms with Crippen LogP contribution in [0.1, 0.15) is 18.1 Å². The molecule has 1 N–H and O–H groups in total. The van der Waals surface area contributed by atoms with Gasteiger partial charge >= 0.3 is 5.97 Å². The maximum Gasteiger partial charge on any atom is 0.323 e. The third-order valence-corrected chi connectivity index (χ3v) is 5.67. The largest absolute Gasteiger partial charge is 0.490 e. The first-order valence-electron chi connectivity index (χ1n) is 8.98. The fourth-order valence-corrected chi connectivity index (χ4v) is 4.05. The smallest absolute Gasteiger partial charge is 0.323 e. The summed E-state index contributed by atoms with van der Waals surface area (Å²) in [5, 5.41) is 9.60. The van der Waals surface area contributed by atoms with Crippen molar-refractivity contribution in [2.45, 2.75) is 13.5 Å². The van der Waals surface area contributed by atoms with E-state index >= 15 is 0 Å². The number of amides is 1. The number of halogens is 1. The summed E-state index contributed by atoms with van der Waals surface area (Å²) >= 11 is 12.1. The number of nitrogens with zero attached hydrogens (tertiary/aromatic N) is 1. The predicted molar refractivity (Wildman–Crippen MR) is 121 cm³/mol. The average molecular weight is 464 g/mol. The van der Waals surface area contributed by atoms with Gasteiger partial charge in [0.15, 0.2) is 11.5 Å². The summed E-state index contributed by atoms with van der Waals surface area (Å²) in [5.41, 5.74) is 1.68. The molecular weight excluding hydrogens is 446 g/mol. The monoisotopic (exact) mass is 463 g/mol. The molecule has 0 unspecified atom stereocenters. The molecule has 0 bridgehead atoms.